The van der Waals surface area contributed by atoms with Crippen LogP contribution in [0.1, 0.15) is 55.1 Å². The van der Waals surface area contributed by atoms with E-state index in [1.54, 1.807) is 6.07 Å². The smallest absolute Gasteiger partial charge is 0.407 e. The number of anilines is 1. The van der Waals surface area contributed by atoms with Gasteiger partial charge in [-0.2, -0.15) is 0 Å². The summed E-state index contributed by atoms with van der Waals surface area (Å²) in [6.07, 6.45) is 1.39. The number of nitrogen functional groups attached to an aromatic ring is 1. The number of amides is 1. The number of nitrogens with one attached hydrogen (secondary N) is 1. The van der Waals surface area contributed by atoms with Crippen molar-refractivity contribution in [2.24, 2.45) is 0 Å². The summed E-state index contributed by atoms with van der Waals surface area (Å²) in [5.41, 5.74) is 7.08. The van der Waals surface area contributed by atoms with Crippen LogP contribution in [-0.4, -0.2) is 46.8 Å². The van der Waals surface area contributed by atoms with Crippen LogP contribution in [0.25, 0.3) is 0 Å². The maximum atomic E-state index is 12.0. The molecule has 1 fully saturated rings. The number of aryl methyl sites for hydroxylation is 1. The van der Waals surface area contributed by atoms with E-state index in [1.165, 1.54) is 0 Å². The molecule has 0 aliphatic carbocycles. The van der Waals surface area contributed by atoms with Crippen LogP contribution in [0.4, 0.5) is 10.5 Å². The highest BCUT2D eigenvalue weighted by atomic mass is 35.5. The number of nitrogens with two attached hydrogens (primary N) is 1. The van der Waals surface area contributed by atoms with Gasteiger partial charge in [0.05, 0.1) is 16.3 Å². The van der Waals surface area contributed by atoms with Crippen molar-refractivity contribution in [1.82, 2.24) is 10.2 Å². The monoisotopic (exact) mass is 397 g/mol. The number of carbonyl (C=O) groups is 2. The van der Waals surface area contributed by atoms with E-state index in [-0.39, 0.29) is 22.3 Å². The summed E-state index contributed by atoms with van der Waals surface area (Å²) in [6, 6.07) is 1.54. The van der Waals surface area contributed by atoms with Crippen LogP contribution in [0.3, 0.4) is 0 Å². The van der Waals surface area contributed by atoms with Gasteiger partial charge in [0.1, 0.15) is 5.60 Å². The largest absolute Gasteiger partial charge is 0.478 e. The fourth-order valence-corrected chi connectivity index (χ4v) is 3.53. The van der Waals surface area contributed by atoms with E-state index in [1.807, 2.05) is 27.7 Å². The highest BCUT2D eigenvalue weighted by Crippen LogP contribution is 2.32. The molecule has 0 unspecified atom stereocenters. The first kappa shape index (κ1) is 21.3. The minimum Gasteiger partial charge on any atom is -0.478 e. The summed E-state index contributed by atoms with van der Waals surface area (Å²) in [7, 11) is 0. The molecule has 0 spiro atoms. The molecule has 8 heteroatoms. The molecule has 0 bridgehead atoms. The van der Waals surface area contributed by atoms with Crippen LogP contribution in [0.15, 0.2) is 6.07 Å². The number of nitrogens with zero attached hydrogens (tertiary/aromatic N) is 1. The van der Waals surface area contributed by atoms with Gasteiger partial charge < -0.3 is 20.9 Å². The first-order valence-electron chi connectivity index (χ1n) is 9.00. The second-order valence-corrected chi connectivity index (χ2v) is 8.35. The summed E-state index contributed by atoms with van der Waals surface area (Å²) >= 11 is 6.36. The number of carbonyl (C=O) groups excluding carboxylic acids is 1. The van der Waals surface area contributed by atoms with E-state index in [9.17, 15) is 14.7 Å². The van der Waals surface area contributed by atoms with Crippen molar-refractivity contribution in [3.63, 3.8) is 0 Å². The molecule has 7 nitrogen and oxygen atoms in total. The van der Waals surface area contributed by atoms with Crippen molar-refractivity contribution in [1.29, 1.82) is 0 Å². The van der Waals surface area contributed by atoms with Crippen molar-refractivity contribution in [2.45, 2.75) is 58.7 Å². The van der Waals surface area contributed by atoms with Gasteiger partial charge in [0.15, 0.2) is 0 Å². The lowest BCUT2D eigenvalue weighted by Crippen LogP contribution is -2.48. The topological polar surface area (TPSA) is 105 Å². The molecule has 27 heavy (non-hydrogen) atoms. The summed E-state index contributed by atoms with van der Waals surface area (Å²) in [4.78, 5) is 25.5. The minimum absolute atomic E-state index is 0.0108. The second kappa shape index (κ2) is 8.35. The number of carboxylic acid groups (broad SMARTS) is 1. The van der Waals surface area contributed by atoms with Crippen LogP contribution in [-0.2, 0) is 11.3 Å². The summed E-state index contributed by atoms with van der Waals surface area (Å²) < 4.78 is 5.32. The molecule has 1 aromatic rings. The van der Waals surface area contributed by atoms with E-state index >= 15 is 0 Å². The van der Waals surface area contributed by atoms with E-state index in [4.69, 9.17) is 22.1 Å². The normalized spacial score (nSPS) is 18.2. The van der Waals surface area contributed by atoms with Crippen molar-refractivity contribution >= 4 is 29.4 Å². The Kier molecular flexibility index (Phi) is 6.59. The molecule has 1 aliphatic rings. The molecule has 1 saturated heterocycles. The highest BCUT2D eigenvalue weighted by molar-refractivity contribution is 6.34. The Hall–Kier alpha value is -1.99. The maximum absolute atomic E-state index is 12.0. The van der Waals surface area contributed by atoms with Gasteiger partial charge in [0.25, 0.3) is 0 Å². The number of rotatable bonds is 4. The van der Waals surface area contributed by atoms with Crippen molar-refractivity contribution in [3.8, 4) is 0 Å². The summed E-state index contributed by atoms with van der Waals surface area (Å²) in [6.45, 7) is 9.38. The SMILES string of the molecule is Cc1cc(C(=O)O)c(N)c(Cl)c1CN1CCC[C@@H](NC(=O)OC(C)(C)C)C1. The Balaban J connectivity index is 2.07. The zero-order valence-electron chi connectivity index (χ0n) is 16.3. The van der Waals surface area contributed by atoms with Gasteiger partial charge in [-0.05, 0) is 64.3 Å². The molecule has 0 aromatic heterocycles. The third kappa shape index (κ3) is 5.74. The van der Waals surface area contributed by atoms with Crippen molar-refractivity contribution in [3.05, 3.63) is 27.8 Å². The molecule has 0 radical (unpaired) electrons. The lowest BCUT2D eigenvalue weighted by molar-refractivity contribution is 0.0469. The van der Waals surface area contributed by atoms with Gasteiger partial charge >= 0.3 is 12.1 Å². The lowest BCUT2D eigenvalue weighted by Gasteiger charge is -2.34. The average Bonchev–Trinajstić information content (AvgIpc) is 2.53. The predicted molar refractivity (Wildman–Crippen MR) is 105 cm³/mol. The number of hydrogen-bond acceptors (Lipinski definition) is 5. The van der Waals surface area contributed by atoms with Gasteiger partial charge in [-0.3, -0.25) is 4.90 Å². The van der Waals surface area contributed by atoms with E-state index < -0.39 is 17.7 Å². The Morgan fingerprint density at radius 1 is 1.44 bits per heavy atom. The van der Waals surface area contributed by atoms with E-state index in [2.05, 4.69) is 10.2 Å². The Labute approximate surface area is 164 Å². The molecule has 1 aliphatic heterocycles. The molecule has 150 valence electrons. The number of halogens is 1. The number of aromatic carboxylic acids is 1. The molecule has 2 rings (SSSR count). The van der Waals surface area contributed by atoms with Gasteiger partial charge in [-0.15, -0.1) is 0 Å². The molecule has 1 amide bonds. The van der Waals surface area contributed by atoms with Crippen LogP contribution < -0.4 is 11.1 Å². The predicted octanol–water partition coefficient (Wildman–Crippen LogP) is 3.42. The highest BCUT2D eigenvalue weighted by Gasteiger charge is 2.26. The Morgan fingerprint density at radius 3 is 2.70 bits per heavy atom. The number of benzene rings is 1. The molecular formula is C19H28ClN3O4. The third-order valence-corrected chi connectivity index (χ3v) is 4.90. The number of hydrogen-bond donors (Lipinski definition) is 3. The number of alkyl carbamates (subject to hydrolysis) is 1. The van der Waals surface area contributed by atoms with Crippen LogP contribution in [0.2, 0.25) is 5.02 Å². The number of piperidine rings is 1. The molecule has 1 heterocycles. The third-order valence-electron chi connectivity index (χ3n) is 4.47. The Morgan fingerprint density at radius 2 is 2.11 bits per heavy atom. The fourth-order valence-electron chi connectivity index (χ4n) is 3.22. The molecule has 1 atom stereocenters. The lowest BCUT2D eigenvalue weighted by atomic mass is 10.00. The maximum Gasteiger partial charge on any atom is 0.407 e. The average molecular weight is 398 g/mol. The quantitative estimate of drug-likeness (QED) is 0.672. The van der Waals surface area contributed by atoms with E-state index in [0.29, 0.717) is 13.1 Å². The zero-order chi connectivity index (χ0) is 20.4. The number of carboxylic acids is 1. The molecule has 1 aromatic carbocycles. The van der Waals surface area contributed by atoms with Crippen molar-refractivity contribution in [2.75, 3.05) is 18.8 Å². The minimum atomic E-state index is -1.09. The standard InChI is InChI=1S/C19H28ClN3O4/c1-11-8-13(17(24)25)16(21)15(20)14(11)10-23-7-5-6-12(9-23)22-18(26)27-19(2,3)4/h8,12H,5-7,9-10,21H2,1-4H3,(H,22,26)(H,24,25)/t12-/m1/s1. The zero-order valence-corrected chi connectivity index (χ0v) is 17.0. The molecular weight excluding hydrogens is 370 g/mol. The van der Waals surface area contributed by atoms with Crippen LogP contribution >= 0.6 is 11.6 Å². The second-order valence-electron chi connectivity index (χ2n) is 7.97. The van der Waals surface area contributed by atoms with Gasteiger partial charge in [-0.1, -0.05) is 11.6 Å². The molecule has 4 N–H and O–H groups in total. The first-order valence-corrected chi connectivity index (χ1v) is 9.38. The fraction of sp³-hybridized carbons (Fsp3) is 0.579. The summed E-state index contributed by atoms with van der Waals surface area (Å²) in [5.74, 6) is -1.09. The van der Waals surface area contributed by atoms with Gasteiger partial charge in [0.2, 0.25) is 0 Å². The van der Waals surface area contributed by atoms with Gasteiger partial charge in [-0.25, -0.2) is 9.59 Å². The first-order chi connectivity index (χ1) is 12.5. The van der Waals surface area contributed by atoms with Crippen LogP contribution in [0, 0.1) is 6.92 Å². The van der Waals surface area contributed by atoms with E-state index in [0.717, 1.165) is 30.5 Å². The van der Waals surface area contributed by atoms with Crippen molar-refractivity contribution < 1.29 is 19.4 Å². The number of ether oxygens (including phenoxy) is 1. The Bertz CT molecular complexity index is 731. The number of likely N-dealkylation sites (tertiary alicyclic amines) is 1. The summed E-state index contributed by atoms with van der Waals surface area (Å²) in [5, 5.41) is 12.4. The molecule has 0 saturated carbocycles. The van der Waals surface area contributed by atoms with Crippen LogP contribution in [0.5, 0.6) is 0 Å². The van der Waals surface area contributed by atoms with Gasteiger partial charge in [0, 0.05) is 19.1 Å².